The van der Waals surface area contributed by atoms with Gasteiger partial charge >= 0.3 is 0 Å². The third kappa shape index (κ3) is 1.16. The summed E-state index contributed by atoms with van der Waals surface area (Å²) in [6, 6.07) is 3.73. The highest BCUT2D eigenvalue weighted by atomic mass is 79.9. The van der Waals surface area contributed by atoms with Crippen molar-refractivity contribution in [2.45, 2.75) is 6.92 Å². The Morgan fingerprint density at radius 1 is 1.50 bits per heavy atom. The Morgan fingerprint density at radius 3 is 2.86 bits per heavy atom. The Morgan fingerprint density at radius 2 is 2.21 bits per heavy atom. The SMILES string of the molecule is COc1ccc(Br)c2nc(C)c(N)n12. The highest BCUT2D eigenvalue weighted by Crippen LogP contribution is 2.27. The molecule has 4 nitrogen and oxygen atoms in total. The molecule has 2 N–H and O–H groups in total. The number of halogens is 1. The molecule has 74 valence electrons. The number of aryl methyl sites for hydroxylation is 1. The Hall–Kier alpha value is -1.23. The molecule has 2 aromatic heterocycles. The number of imidazole rings is 1. The average molecular weight is 256 g/mol. The summed E-state index contributed by atoms with van der Waals surface area (Å²) < 4.78 is 7.88. The molecule has 0 atom stereocenters. The van der Waals surface area contributed by atoms with E-state index in [1.54, 1.807) is 11.5 Å². The summed E-state index contributed by atoms with van der Waals surface area (Å²) >= 11 is 3.41. The van der Waals surface area contributed by atoms with Crippen LogP contribution in [0.4, 0.5) is 5.82 Å². The highest BCUT2D eigenvalue weighted by molar-refractivity contribution is 9.10. The molecule has 2 aromatic rings. The molecular weight excluding hydrogens is 246 g/mol. The monoisotopic (exact) mass is 255 g/mol. The van der Waals surface area contributed by atoms with Gasteiger partial charge in [0.1, 0.15) is 5.82 Å². The lowest BCUT2D eigenvalue weighted by Crippen LogP contribution is -1.99. The van der Waals surface area contributed by atoms with Crippen LogP contribution >= 0.6 is 15.9 Å². The van der Waals surface area contributed by atoms with Gasteiger partial charge in [-0.2, -0.15) is 0 Å². The second-order valence-corrected chi connectivity index (χ2v) is 3.82. The number of nitrogens with two attached hydrogens (primary N) is 1. The minimum absolute atomic E-state index is 0.609. The molecule has 2 rings (SSSR count). The maximum absolute atomic E-state index is 5.88. The van der Waals surface area contributed by atoms with E-state index >= 15 is 0 Å². The summed E-state index contributed by atoms with van der Waals surface area (Å²) in [6.07, 6.45) is 0. The summed E-state index contributed by atoms with van der Waals surface area (Å²) in [5.74, 6) is 1.29. The van der Waals surface area contributed by atoms with Crippen LogP contribution in [0.1, 0.15) is 5.69 Å². The number of rotatable bonds is 1. The minimum Gasteiger partial charge on any atom is -0.482 e. The molecule has 0 radical (unpaired) electrons. The van der Waals surface area contributed by atoms with Crippen molar-refractivity contribution < 1.29 is 4.74 Å². The van der Waals surface area contributed by atoms with E-state index in [1.807, 2.05) is 19.1 Å². The van der Waals surface area contributed by atoms with Crippen LogP contribution in [-0.4, -0.2) is 16.5 Å². The Labute approximate surface area is 89.8 Å². The Bertz CT molecular complexity index is 492. The quantitative estimate of drug-likeness (QED) is 0.848. The first kappa shape index (κ1) is 9.33. The molecule has 0 fully saturated rings. The summed E-state index contributed by atoms with van der Waals surface area (Å²) in [4.78, 5) is 4.33. The zero-order valence-corrected chi connectivity index (χ0v) is 9.50. The van der Waals surface area contributed by atoms with Crippen LogP contribution < -0.4 is 10.5 Å². The van der Waals surface area contributed by atoms with Crippen LogP contribution in [-0.2, 0) is 0 Å². The van der Waals surface area contributed by atoms with E-state index in [0.29, 0.717) is 11.7 Å². The third-order valence-electron chi connectivity index (χ3n) is 2.11. The van der Waals surface area contributed by atoms with Gasteiger partial charge < -0.3 is 10.5 Å². The number of nitrogens with zero attached hydrogens (tertiary/aromatic N) is 2. The van der Waals surface area contributed by atoms with Crippen molar-refractivity contribution in [3.63, 3.8) is 0 Å². The number of nitrogen functional groups attached to an aromatic ring is 1. The van der Waals surface area contributed by atoms with Gasteiger partial charge in [-0.3, -0.25) is 0 Å². The maximum Gasteiger partial charge on any atom is 0.200 e. The fourth-order valence-electron chi connectivity index (χ4n) is 1.38. The number of pyridine rings is 1. The smallest absolute Gasteiger partial charge is 0.200 e. The molecule has 0 amide bonds. The number of anilines is 1. The van der Waals surface area contributed by atoms with Gasteiger partial charge in [0, 0.05) is 6.07 Å². The van der Waals surface area contributed by atoms with Crippen molar-refractivity contribution in [1.29, 1.82) is 0 Å². The van der Waals surface area contributed by atoms with Gasteiger partial charge in [0.15, 0.2) is 5.65 Å². The van der Waals surface area contributed by atoms with Gasteiger partial charge in [0.25, 0.3) is 0 Å². The number of methoxy groups -OCH3 is 1. The summed E-state index contributed by atoms with van der Waals surface area (Å²) in [7, 11) is 1.61. The summed E-state index contributed by atoms with van der Waals surface area (Å²) in [5, 5.41) is 0. The second-order valence-electron chi connectivity index (χ2n) is 2.97. The van der Waals surface area contributed by atoms with Crippen LogP contribution in [0, 0.1) is 6.92 Å². The molecule has 14 heavy (non-hydrogen) atoms. The van der Waals surface area contributed by atoms with Crippen LogP contribution in [0.3, 0.4) is 0 Å². The molecule has 0 saturated heterocycles. The average Bonchev–Trinajstić information content (AvgIpc) is 2.47. The predicted octanol–water partition coefficient (Wildman–Crippen LogP) is 2.00. The van der Waals surface area contributed by atoms with Crippen LogP contribution in [0.25, 0.3) is 5.65 Å². The Kier molecular flexibility index (Phi) is 2.11. The van der Waals surface area contributed by atoms with E-state index in [1.165, 1.54) is 0 Å². The molecule has 0 aliphatic heterocycles. The third-order valence-corrected chi connectivity index (χ3v) is 2.73. The van der Waals surface area contributed by atoms with Crippen molar-refractivity contribution in [1.82, 2.24) is 9.38 Å². The maximum atomic E-state index is 5.88. The largest absolute Gasteiger partial charge is 0.482 e. The lowest BCUT2D eigenvalue weighted by Gasteiger charge is -2.05. The Balaban J connectivity index is 2.92. The first-order valence-corrected chi connectivity index (χ1v) is 4.91. The van der Waals surface area contributed by atoms with E-state index < -0.39 is 0 Å². The molecule has 0 unspecified atom stereocenters. The van der Waals surface area contributed by atoms with Crippen molar-refractivity contribution in [3.8, 4) is 5.88 Å². The van der Waals surface area contributed by atoms with Gasteiger partial charge in [-0.15, -0.1) is 0 Å². The molecule has 0 spiro atoms. The molecule has 0 saturated carbocycles. The topological polar surface area (TPSA) is 52.5 Å². The number of aromatic nitrogens is 2. The number of hydrogen-bond acceptors (Lipinski definition) is 3. The predicted molar refractivity (Wildman–Crippen MR) is 58.6 cm³/mol. The molecule has 0 bridgehead atoms. The minimum atomic E-state index is 0.609. The molecule has 0 aromatic carbocycles. The molecular formula is C9H10BrN3O. The highest BCUT2D eigenvalue weighted by Gasteiger charge is 2.11. The first-order valence-electron chi connectivity index (χ1n) is 4.12. The van der Waals surface area contributed by atoms with Crippen LogP contribution in [0.15, 0.2) is 16.6 Å². The first-order chi connectivity index (χ1) is 6.65. The molecule has 5 heteroatoms. The fraction of sp³-hybridized carbons (Fsp3) is 0.222. The van der Waals surface area contributed by atoms with Gasteiger partial charge in [-0.25, -0.2) is 9.38 Å². The number of ether oxygens (including phenoxy) is 1. The van der Waals surface area contributed by atoms with Crippen LogP contribution in [0.2, 0.25) is 0 Å². The van der Waals surface area contributed by atoms with Gasteiger partial charge in [-0.05, 0) is 28.9 Å². The van der Waals surface area contributed by atoms with Crippen molar-refractivity contribution >= 4 is 27.4 Å². The van der Waals surface area contributed by atoms with Gasteiger partial charge in [0.2, 0.25) is 5.88 Å². The van der Waals surface area contributed by atoms with E-state index in [4.69, 9.17) is 10.5 Å². The molecule has 0 aliphatic rings. The zero-order valence-electron chi connectivity index (χ0n) is 7.91. The van der Waals surface area contributed by atoms with Crippen LogP contribution in [0.5, 0.6) is 5.88 Å². The molecule has 2 heterocycles. The summed E-state index contributed by atoms with van der Waals surface area (Å²) in [5.41, 5.74) is 7.46. The lowest BCUT2D eigenvalue weighted by molar-refractivity contribution is 0.393. The fourth-order valence-corrected chi connectivity index (χ4v) is 1.78. The normalized spacial score (nSPS) is 10.8. The van der Waals surface area contributed by atoms with Crippen molar-refractivity contribution in [3.05, 3.63) is 22.3 Å². The van der Waals surface area contributed by atoms with E-state index in [9.17, 15) is 0 Å². The van der Waals surface area contributed by atoms with E-state index in [-0.39, 0.29) is 0 Å². The van der Waals surface area contributed by atoms with Crippen molar-refractivity contribution in [2.75, 3.05) is 12.8 Å². The van der Waals surface area contributed by atoms with Gasteiger partial charge in [-0.1, -0.05) is 0 Å². The molecule has 0 aliphatic carbocycles. The standard InChI is InChI=1S/C9H10BrN3O/c1-5-8(11)13-7(14-2)4-3-6(10)9(13)12-5/h3-4H,11H2,1-2H3. The second kappa shape index (κ2) is 3.16. The lowest BCUT2D eigenvalue weighted by atomic mass is 10.4. The van der Waals surface area contributed by atoms with E-state index in [0.717, 1.165) is 15.8 Å². The summed E-state index contributed by atoms with van der Waals surface area (Å²) in [6.45, 7) is 1.87. The van der Waals surface area contributed by atoms with Gasteiger partial charge in [0.05, 0.1) is 17.3 Å². The number of hydrogen-bond donors (Lipinski definition) is 1. The van der Waals surface area contributed by atoms with Crippen molar-refractivity contribution in [2.24, 2.45) is 0 Å². The number of fused-ring (bicyclic) bond motifs is 1. The van der Waals surface area contributed by atoms with E-state index in [2.05, 4.69) is 20.9 Å². The zero-order chi connectivity index (χ0) is 10.3.